The van der Waals surface area contributed by atoms with E-state index < -0.39 is 0 Å². The average Bonchev–Trinajstić information content (AvgIpc) is 3.05. The summed E-state index contributed by atoms with van der Waals surface area (Å²) >= 11 is 0. The number of hydrogen-bond donors (Lipinski definition) is 3. The highest BCUT2D eigenvalue weighted by molar-refractivity contribution is 5.92. The zero-order valence-corrected chi connectivity index (χ0v) is 15.2. The van der Waals surface area contributed by atoms with E-state index in [9.17, 15) is 9.59 Å². The summed E-state index contributed by atoms with van der Waals surface area (Å²) in [5, 5.41) is 5.78. The van der Waals surface area contributed by atoms with Gasteiger partial charge in [0.15, 0.2) is 13.1 Å². The molecule has 1 unspecified atom stereocenters. The fourth-order valence-corrected chi connectivity index (χ4v) is 2.59. The number of carbonyl (C=O) groups excluding carboxylic acids is 2. The van der Waals surface area contributed by atoms with Gasteiger partial charge in [-0.15, -0.1) is 0 Å². The molecule has 1 aromatic heterocycles. The molecule has 2 rings (SSSR count). The predicted molar refractivity (Wildman–Crippen MR) is 96.4 cm³/mol. The lowest BCUT2D eigenvalue weighted by atomic mass is 10.1. The molecule has 25 heavy (non-hydrogen) atoms. The molecule has 0 bridgehead atoms. The topological polar surface area (TPSA) is 75.8 Å². The maximum absolute atomic E-state index is 12.2. The number of likely N-dealkylation sites (N-methyl/N-ethyl adjacent to an activating group) is 1. The third kappa shape index (κ3) is 5.46. The van der Waals surface area contributed by atoms with Gasteiger partial charge in [-0.25, -0.2) is 0 Å². The quantitative estimate of drug-likeness (QED) is 0.707. The smallest absolute Gasteiger partial charge is 0.279 e. The fourth-order valence-electron chi connectivity index (χ4n) is 2.59. The number of aryl methyl sites for hydroxylation is 1. The first-order valence-corrected chi connectivity index (χ1v) is 8.37. The molecule has 2 aromatic rings. The van der Waals surface area contributed by atoms with Crippen molar-refractivity contribution in [1.82, 2.24) is 5.32 Å². The van der Waals surface area contributed by atoms with Gasteiger partial charge in [-0.1, -0.05) is 12.1 Å². The van der Waals surface area contributed by atoms with E-state index in [1.165, 1.54) is 0 Å². The summed E-state index contributed by atoms with van der Waals surface area (Å²) in [5.74, 6) is 0.470. The average molecular weight is 344 g/mol. The van der Waals surface area contributed by atoms with E-state index in [4.69, 9.17) is 4.42 Å². The molecule has 0 spiro atoms. The van der Waals surface area contributed by atoms with Crippen LogP contribution < -0.4 is 15.5 Å². The number of rotatable bonds is 7. The van der Waals surface area contributed by atoms with Gasteiger partial charge < -0.3 is 20.0 Å². The predicted octanol–water partition coefficient (Wildman–Crippen LogP) is 1.23. The van der Waals surface area contributed by atoms with E-state index in [0.29, 0.717) is 5.76 Å². The molecule has 0 radical (unpaired) electrons. The first kappa shape index (κ1) is 18.7. The zero-order valence-electron chi connectivity index (χ0n) is 15.2. The third-order valence-corrected chi connectivity index (χ3v) is 4.15. The van der Waals surface area contributed by atoms with E-state index in [0.717, 1.165) is 21.7 Å². The number of furan rings is 1. The minimum absolute atomic E-state index is 0.113. The van der Waals surface area contributed by atoms with Crippen LogP contribution in [0, 0.1) is 13.8 Å². The van der Waals surface area contributed by atoms with E-state index >= 15 is 0 Å². The Balaban J connectivity index is 1.80. The van der Waals surface area contributed by atoms with Gasteiger partial charge in [-0.2, -0.15) is 0 Å². The highest BCUT2D eigenvalue weighted by Crippen LogP contribution is 2.17. The van der Waals surface area contributed by atoms with Gasteiger partial charge in [0.25, 0.3) is 11.8 Å². The molecule has 6 nitrogen and oxygen atoms in total. The molecule has 1 aromatic carbocycles. The number of carbonyl (C=O) groups is 2. The second-order valence-electron chi connectivity index (χ2n) is 6.41. The molecule has 6 heteroatoms. The largest absolute Gasteiger partial charge is 0.467 e. The fraction of sp³-hybridized carbons (Fsp3) is 0.368. The molecule has 1 heterocycles. The number of nitrogens with one attached hydrogen (secondary N) is 3. The van der Waals surface area contributed by atoms with Gasteiger partial charge in [0.1, 0.15) is 5.76 Å². The Kier molecular flexibility index (Phi) is 6.36. The van der Waals surface area contributed by atoms with Gasteiger partial charge in [-0.3, -0.25) is 9.59 Å². The molecule has 134 valence electrons. The summed E-state index contributed by atoms with van der Waals surface area (Å²) in [7, 11) is 1.82. The molecule has 0 saturated carbocycles. The van der Waals surface area contributed by atoms with Crippen molar-refractivity contribution in [2.24, 2.45) is 0 Å². The van der Waals surface area contributed by atoms with Crippen LogP contribution in [0.5, 0.6) is 0 Å². The first-order chi connectivity index (χ1) is 11.9. The van der Waals surface area contributed by atoms with Crippen molar-refractivity contribution in [3.63, 3.8) is 0 Å². The van der Waals surface area contributed by atoms with E-state index in [1.807, 2.05) is 52.1 Å². The molecule has 0 fully saturated rings. The van der Waals surface area contributed by atoms with Crippen molar-refractivity contribution >= 4 is 17.5 Å². The molecule has 3 N–H and O–H groups in total. The van der Waals surface area contributed by atoms with Crippen molar-refractivity contribution in [3.05, 3.63) is 53.5 Å². The van der Waals surface area contributed by atoms with Crippen molar-refractivity contribution < 1.29 is 18.9 Å². The van der Waals surface area contributed by atoms with Crippen LogP contribution in [0.1, 0.15) is 29.9 Å². The Bertz CT molecular complexity index is 726. The van der Waals surface area contributed by atoms with E-state index in [1.54, 1.807) is 12.3 Å². The Morgan fingerprint density at radius 3 is 2.52 bits per heavy atom. The number of benzene rings is 1. The van der Waals surface area contributed by atoms with Crippen LogP contribution in [-0.2, 0) is 9.59 Å². The number of anilines is 1. The van der Waals surface area contributed by atoms with Crippen LogP contribution in [0.2, 0.25) is 0 Å². The number of quaternary nitrogens is 1. The van der Waals surface area contributed by atoms with Crippen LogP contribution in [0.15, 0.2) is 41.0 Å². The standard InChI is InChI=1S/C19H25N3O3/c1-13-7-5-8-16(14(13)2)21-19(24)12-22(4)11-18(23)20-15(3)17-9-6-10-25-17/h5-10,15H,11-12H2,1-4H3,(H,20,23)(H,21,24)/p+1/t15-/m1/s1. The lowest BCUT2D eigenvalue weighted by Gasteiger charge is -2.16. The van der Waals surface area contributed by atoms with Crippen LogP contribution in [-0.4, -0.2) is 32.0 Å². The van der Waals surface area contributed by atoms with Gasteiger partial charge in [0.05, 0.1) is 19.4 Å². The lowest BCUT2D eigenvalue weighted by Crippen LogP contribution is -3.11. The summed E-state index contributed by atoms with van der Waals surface area (Å²) in [6, 6.07) is 9.21. The lowest BCUT2D eigenvalue weighted by molar-refractivity contribution is -0.862. The molecule has 2 atom stereocenters. The van der Waals surface area contributed by atoms with Crippen molar-refractivity contribution in [2.45, 2.75) is 26.8 Å². The molecule has 0 saturated heterocycles. The highest BCUT2D eigenvalue weighted by Gasteiger charge is 2.18. The summed E-state index contributed by atoms with van der Waals surface area (Å²) in [6.45, 7) is 6.28. The van der Waals surface area contributed by atoms with E-state index in [-0.39, 0.29) is 30.9 Å². The Morgan fingerprint density at radius 1 is 1.12 bits per heavy atom. The second-order valence-corrected chi connectivity index (χ2v) is 6.41. The van der Waals surface area contributed by atoms with Crippen molar-refractivity contribution in [1.29, 1.82) is 0 Å². The number of hydrogen-bond acceptors (Lipinski definition) is 3. The molecular formula is C19H26N3O3+. The third-order valence-electron chi connectivity index (χ3n) is 4.15. The van der Waals surface area contributed by atoms with Gasteiger partial charge >= 0.3 is 0 Å². The zero-order chi connectivity index (χ0) is 18.4. The SMILES string of the molecule is Cc1cccc(NC(=O)C[NH+](C)CC(=O)N[C@H](C)c2ccco2)c1C. The Morgan fingerprint density at radius 2 is 1.84 bits per heavy atom. The normalized spacial score (nSPS) is 13.1. The molecule has 0 aliphatic carbocycles. The summed E-state index contributed by atoms with van der Waals surface area (Å²) in [4.78, 5) is 25.1. The van der Waals surface area contributed by atoms with Crippen molar-refractivity contribution in [3.8, 4) is 0 Å². The molecule has 0 aliphatic heterocycles. The maximum atomic E-state index is 12.2. The molecule has 0 aliphatic rings. The second kappa shape index (κ2) is 8.48. The summed E-state index contributed by atoms with van der Waals surface area (Å²) < 4.78 is 5.27. The Labute approximate surface area is 148 Å². The van der Waals surface area contributed by atoms with Crippen LogP contribution in [0.4, 0.5) is 5.69 Å². The summed E-state index contributed by atoms with van der Waals surface area (Å²) in [6.07, 6.45) is 1.58. The van der Waals surface area contributed by atoms with Crippen molar-refractivity contribution in [2.75, 3.05) is 25.5 Å². The monoisotopic (exact) mass is 344 g/mol. The number of amides is 2. The van der Waals surface area contributed by atoms with Crippen LogP contribution in [0.3, 0.4) is 0 Å². The first-order valence-electron chi connectivity index (χ1n) is 8.37. The summed E-state index contributed by atoms with van der Waals surface area (Å²) in [5.41, 5.74) is 3.00. The minimum Gasteiger partial charge on any atom is -0.467 e. The van der Waals surface area contributed by atoms with Crippen LogP contribution in [0.25, 0.3) is 0 Å². The van der Waals surface area contributed by atoms with Gasteiger partial charge in [0, 0.05) is 5.69 Å². The van der Waals surface area contributed by atoms with Gasteiger partial charge in [0.2, 0.25) is 0 Å². The van der Waals surface area contributed by atoms with Gasteiger partial charge in [-0.05, 0) is 50.1 Å². The van der Waals surface area contributed by atoms with Crippen LogP contribution >= 0.6 is 0 Å². The van der Waals surface area contributed by atoms with E-state index in [2.05, 4.69) is 10.6 Å². The Hall–Kier alpha value is -2.60. The minimum atomic E-state index is -0.195. The molecular weight excluding hydrogens is 318 g/mol. The molecule has 2 amide bonds. The highest BCUT2D eigenvalue weighted by atomic mass is 16.3. The maximum Gasteiger partial charge on any atom is 0.279 e.